The maximum Gasteiger partial charge on any atom is 0.339 e. The van der Waals surface area contributed by atoms with Crippen molar-refractivity contribution in [1.82, 2.24) is 0 Å². The van der Waals surface area contributed by atoms with E-state index in [0.29, 0.717) is 5.56 Å². The minimum atomic E-state index is -4.16. The highest BCUT2D eigenvalue weighted by molar-refractivity contribution is 7.87. The number of urea groups is 1. The molecule has 0 heterocycles. The molecule has 0 radical (unpaired) electrons. The molecule has 11 heteroatoms. The lowest BCUT2D eigenvalue weighted by Gasteiger charge is -2.15. The van der Waals surface area contributed by atoms with Crippen LogP contribution in [0.4, 0.5) is 16.2 Å². The topological polar surface area (TPSA) is 128 Å². The Kier molecular flexibility index (Phi) is 8.22. The Morgan fingerprint density at radius 3 is 1.64 bits per heavy atom. The Morgan fingerprint density at radius 2 is 1.10 bits per heavy atom. The van der Waals surface area contributed by atoms with Gasteiger partial charge in [0.2, 0.25) is 0 Å². The summed E-state index contributed by atoms with van der Waals surface area (Å²) in [5.41, 5.74) is 2.61. The van der Waals surface area contributed by atoms with E-state index in [1.807, 2.05) is 13.8 Å². The predicted octanol–water partition coefficient (Wildman–Crippen LogP) is 5.62. The molecule has 0 bridgehead atoms. The summed E-state index contributed by atoms with van der Waals surface area (Å²) in [5, 5.41) is 5.07. The van der Waals surface area contributed by atoms with Crippen molar-refractivity contribution < 1.29 is 30.0 Å². The number of anilines is 2. The summed E-state index contributed by atoms with van der Waals surface area (Å²) >= 11 is 0. The van der Waals surface area contributed by atoms with Gasteiger partial charge in [0, 0.05) is 0 Å². The van der Waals surface area contributed by atoms with Gasteiger partial charge in [-0.05, 0) is 55.8 Å². The number of rotatable bonds is 9. The van der Waals surface area contributed by atoms with Gasteiger partial charge in [-0.3, -0.25) is 0 Å². The van der Waals surface area contributed by atoms with Crippen LogP contribution in [0.1, 0.15) is 16.7 Å². The van der Waals surface area contributed by atoms with E-state index in [1.165, 1.54) is 36.4 Å². The molecular weight excluding hydrogens is 540 g/mol. The van der Waals surface area contributed by atoms with Crippen LogP contribution < -0.4 is 19.0 Å². The number of carbonyl (C=O) groups excluding carboxylic acids is 1. The van der Waals surface area contributed by atoms with Gasteiger partial charge in [0.25, 0.3) is 0 Å². The maximum absolute atomic E-state index is 12.8. The molecule has 4 aromatic rings. The number of para-hydroxylation sites is 4. The Morgan fingerprint density at radius 1 is 0.641 bits per heavy atom. The molecule has 39 heavy (non-hydrogen) atoms. The Bertz CT molecular complexity index is 1680. The van der Waals surface area contributed by atoms with E-state index in [0.717, 1.165) is 11.1 Å². The first-order chi connectivity index (χ1) is 18.5. The average Bonchev–Trinajstić information content (AvgIpc) is 2.87. The predicted molar refractivity (Wildman–Crippen MR) is 149 cm³/mol. The second kappa shape index (κ2) is 11.6. The molecule has 4 aromatic carbocycles. The van der Waals surface area contributed by atoms with Crippen LogP contribution in [0.3, 0.4) is 0 Å². The zero-order valence-corrected chi connectivity index (χ0v) is 22.8. The number of nitrogens with one attached hydrogen (secondary N) is 2. The number of aryl methyl sites for hydroxylation is 2. The van der Waals surface area contributed by atoms with Crippen molar-refractivity contribution in [3.8, 4) is 11.5 Å². The molecule has 4 rings (SSSR count). The van der Waals surface area contributed by atoms with Gasteiger partial charge in [0.1, 0.15) is 10.6 Å². The summed E-state index contributed by atoms with van der Waals surface area (Å²) < 4.78 is 61.4. The van der Waals surface area contributed by atoms with Crippen LogP contribution in [0.15, 0.2) is 102 Å². The van der Waals surface area contributed by atoms with E-state index in [1.54, 1.807) is 60.7 Å². The van der Waals surface area contributed by atoms with Gasteiger partial charge >= 0.3 is 26.3 Å². The van der Waals surface area contributed by atoms with E-state index >= 15 is 0 Å². The lowest BCUT2D eigenvalue weighted by Crippen LogP contribution is -2.21. The Labute approximate surface area is 227 Å². The van der Waals surface area contributed by atoms with Crippen LogP contribution in [0.2, 0.25) is 0 Å². The summed E-state index contributed by atoms with van der Waals surface area (Å²) in [4.78, 5) is 12.8. The van der Waals surface area contributed by atoms with Gasteiger partial charge in [0.05, 0.1) is 11.4 Å². The van der Waals surface area contributed by atoms with E-state index < -0.39 is 26.3 Å². The number of hydrogen-bond acceptors (Lipinski definition) is 7. The first kappa shape index (κ1) is 27.7. The van der Waals surface area contributed by atoms with Crippen LogP contribution in [-0.2, 0) is 26.0 Å². The molecule has 202 valence electrons. The van der Waals surface area contributed by atoms with Crippen molar-refractivity contribution in [3.05, 3.63) is 114 Å². The summed E-state index contributed by atoms with van der Waals surface area (Å²) in [5.74, 6) is -0.529. The Balaban J connectivity index is 1.47. The molecule has 0 aliphatic rings. The summed E-state index contributed by atoms with van der Waals surface area (Å²) in [6.07, 6.45) is 0. The average molecular weight is 567 g/mol. The lowest BCUT2D eigenvalue weighted by molar-refractivity contribution is 0.262. The number of hydrogen-bond donors (Lipinski definition) is 2. The van der Waals surface area contributed by atoms with Crippen molar-refractivity contribution in [2.45, 2.75) is 24.5 Å². The minimum absolute atomic E-state index is 0.0368. The van der Waals surface area contributed by atoms with Crippen LogP contribution in [0.5, 0.6) is 11.5 Å². The smallest absolute Gasteiger partial charge is 0.339 e. The number of amides is 2. The van der Waals surface area contributed by atoms with E-state index in [4.69, 9.17) is 8.37 Å². The van der Waals surface area contributed by atoms with Crippen molar-refractivity contribution in [1.29, 1.82) is 0 Å². The highest BCUT2D eigenvalue weighted by atomic mass is 32.2. The lowest BCUT2D eigenvalue weighted by atomic mass is 10.2. The molecule has 2 amide bonds. The molecule has 0 fully saturated rings. The molecule has 2 N–H and O–H groups in total. The third-order valence-electron chi connectivity index (χ3n) is 5.46. The molecule has 9 nitrogen and oxygen atoms in total. The molecule has 0 aliphatic carbocycles. The third-order valence-corrected chi connectivity index (χ3v) is 7.83. The molecule has 0 aromatic heterocycles. The summed E-state index contributed by atoms with van der Waals surface area (Å²) in [6.45, 7) is 3.73. The van der Waals surface area contributed by atoms with Gasteiger partial charge in [-0.1, -0.05) is 71.8 Å². The first-order valence-electron chi connectivity index (χ1n) is 11.8. The fraction of sp³-hybridized carbons (Fsp3) is 0.107. The monoisotopic (exact) mass is 566 g/mol. The van der Waals surface area contributed by atoms with Crippen LogP contribution in [-0.4, -0.2) is 22.9 Å². The first-order valence-corrected chi connectivity index (χ1v) is 14.7. The molecule has 0 aliphatic heterocycles. The molecule has 0 saturated heterocycles. The molecule has 0 unspecified atom stereocenters. The maximum atomic E-state index is 12.8. The largest absolute Gasteiger partial charge is 0.380 e. The number of benzene rings is 4. The van der Waals surface area contributed by atoms with E-state index in [9.17, 15) is 21.6 Å². The normalized spacial score (nSPS) is 11.4. The minimum Gasteiger partial charge on any atom is -0.380 e. The van der Waals surface area contributed by atoms with Gasteiger partial charge in [-0.15, -0.1) is 0 Å². The zero-order valence-electron chi connectivity index (χ0n) is 21.1. The molecule has 0 atom stereocenters. The molecular formula is C28H26N2O7S2. The molecule has 0 saturated carbocycles. The van der Waals surface area contributed by atoms with Crippen molar-refractivity contribution in [2.24, 2.45) is 0 Å². The number of carbonyl (C=O) groups is 1. The summed E-state index contributed by atoms with van der Waals surface area (Å²) in [6, 6.07) is 24.5. The highest BCUT2D eigenvalue weighted by Gasteiger charge is 2.20. The standard InChI is InChI=1S/C28H26N2O7S2/c1-20-11-15-22(16-12-20)19-38(32,33)36-26-9-5-3-7-24(26)29-28(31)30-25-8-4-6-10-27(25)37-39(34,35)23-17-13-21(2)14-18-23/h3-18H,19H2,1-2H3,(H2,29,30,31). The summed E-state index contributed by atoms with van der Waals surface area (Å²) in [7, 11) is -8.19. The fourth-order valence-corrected chi connectivity index (χ4v) is 5.51. The highest BCUT2D eigenvalue weighted by Crippen LogP contribution is 2.29. The van der Waals surface area contributed by atoms with Gasteiger partial charge < -0.3 is 19.0 Å². The second-order valence-electron chi connectivity index (χ2n) is 8.69. The van der Waals surface area contributed by atoms with E-state index in [-0.39, 0.29) is 33.5 Å². The zero-order chi connectivity index (χ0) is 28.0. The second-order valence-corrected chi connectivity index (χ2v) is 11.8. The van der Waals surface area contributed by atoms with Gasteiger partial charge in [-0.2, -0.15) is 16.8 Å². The van der Waals surface area contributed by atoms with Crippen LogP contribution in [0.25, 0.3) is 0 Å². The van der Waals surface area contributed by atoms with Gasteiger partial charge in [-0.25, -0.2) is 4.79 Å². The Hall–Kier alpha value is -4.35. The quantitative estimate of drug-likeness (QED) is 0.252. The SMILES string of the molecule is Cc1ccc(CS(=O)(=O)Oc2ccccc2NC(=O)Nc2ccccc2OS(=O)(=O)c2ccc(C)cc2)cc1. The molecule has 0 spiro atoms. The van der Waals surface area contributed by atoms with Crippen molar-refractivity contribution in [2.75, 3.05) is 10.6 Å². The van der Waals surface area contributed by atoms with Crippen molar-refractivity contribution >= 4 is 37.6 Å². The third kappa shape index (κ3) is 7.59. The van der Waals surface area contributed by atoms with E-state index in [2.05, 4.69) is 10.6 Å². The fourth-order valence-electron chi connectivity index (χ4n) is 3.49. The van der Waals surface area contributed by atoms with Crippen LogP contribution in [0, 0.1) is 13.8 Å². The van der Waals surface area contributed by atoms with Crippen LogP contribution >= 0.6 is 0 Å². The van der Waals surface area contributed by atoms with Gasteiger partial charge in [0.15, 0.2) is 11.5 Å². The van der Waals surface area contributed by atoms with Crippen molar-refractivity contribution in [3.63, 3.8) is 0 Å².